The average Bonchev–Trinajstić information content (AvgIpc) is 3.12. The molecule has 1 unspecified atom stereocenters. The van der Waals surface area contributed by atoms with Gasteiger partial charge in [-0.1, -0.05) is 6.07 Å². The van der Waals surface area contributed by atoms with Crippen molar-refractivity contribution in [3.8, 4) is 17.2 Å². The van der Waals surface area contributed by atoms with Gasteiger partial charge in [-0.2, -0.15) is 4.68 Å². The fourth-order valence-electron chi connectivity index (χ4n) is 2.64. The Morgan fingerprint density at radius 3 is 2.26 bits per heavy atom. The third kappa shape index (κ3) is 3.82. The van der Waals surface area contributed by atoms with Gasteiger partial charge in [-0.25, -0.2) is 23.2 Å². The molecule has 0 aliphatic carbocycles. The first-order chi connectivity index (χ1) is 14.7. The minimum Gasteiger partial charge on any atom is -0.496 e. The van der Waals surface area contributed by atoms with Crippen molar-refractivity contribution in [3.05, 3.63) is 58.0 Å². The standard InChI is InChI=1S/C17H14F2N5O6P/c1-29-12-7-13(30-2)11(6-8(12)15(25)26)24(31)17(28)23-16(27)22(20-21-23)14-9(18)4-3-5-10(14)19/h3-7H,31H2,1-2H3,(H,25,26). The zero-order valence-corrected chi connectivity index (χ0v) is 17.1. The number of hydrogen-bond donors (Lipinski definition) is 1. The summed E-state index contributed by atoms with van der Waals surface area (Å²) in [7, 11) is 4.50. The van der Waals surface area contributed by atoms with Gasteiger partial charge in [0.1, 0.15) is 22.7 Å². The fraction of sp³-hybridized carbons (Fsp3) is 0.118. The highest BCUT2D eigenvalue weighted by molar-refractivity contribution is 7.21. The van der Waals surface area contributed by atoms with Crippen LogP contribution >= 0.6 is 9.39 Å². The molecule has 31 heavy (non-hydrogen) atoms. The van der Waals surface area contributed by atoms with Crippen molar-refractivity contribution in [3.63, 3.8) is 0 Å². The molecule has 11 nitrogen and oxygen atoms in total. The van der Waals surface area contributed by atoms with Crippen molar-refractivity contribution < 1.29 is 33.0 Å². The van der Waals surface area contributed by atoms with Crippen LogP contribution in [0.1, 0.15) is 10.4 Å². The maximum Gasteiger partial charge on any atom is 0.377 e. The van der Waals surface area contributed by atoms with E-state index >= 15 is 0 Å². The molecule has 1 amide bonds. The van der Waals surface area contributed by atoms with E-state index in [4.69, 9.17) is 9.47 Å². The van der Waals surface area contributed by atoms with Crippen LogP contribution < -0.4 is 19.8 Å². The lowest BCUT2D eigenvalue weighted by molar-refractivity contribution is 0.0693. The van der Waals surface area contributed by atoms with Gasteiger partial charge in [0.2, 0.25) is 0 Å². The van der Waals surface area contributed by atoms with Crippen LogP contribution in [0.2, 0.25) is 0 Å². The van der Waals surface area contributed by atoms with E-state index in [1.54, 1.807) is 0 Å². The summed E-state index contributed by atoms with van der Waals surface area (Å²) in [6.45, 7) is 0. The Bertz CT molecular complexity index is 1220. The number of rotatable bonds is 5. The molecule has 1 heterocycles. The number of methoxy groups -OCH3 is 2. The Labute approximate surface area is 174 Å². The van der Waals surface area contributed by atoms with Gasteiger partial charge in [-0.3, -0.25) is 4.67 Å². The molecule has 0 fully saturated rings. The largest absolute Gasteiger partial charge is 0.496 e. The molecule has 1 aromatic heterocycles. The number of anilines is 1. The molecule has 1 atom stereocenters. The van der Waals surface area contributed by atoms with Gasteiger partial charge in [-0.05, 0) is 38.0 Å². The van der Waals surface area contributed by atoms with Crippen LogP contribution in [-0.2, 0) is 0 Å². The van der Waals surface area contributed by atoms with Gasteiger partial charge in [0.15, 0.2) is 11.6 Å². The molecule has 0 spiro atoms. The van der Waals surface area contributed by atoms with Crippen molar-refractivity contribution in [1.29, 1.82) is 0 Å². The van der Waals surface area contributed by atoms with Crippen LogP contribution in [0.5, 0.6) is 11.5 Å². The van der Waals surface area contributed by atoms with Gasteiger partial charge >= 0.3 is 17.7 Å². The van der Waals surface area contributed by atoms with Crippen molar-refractivity contribution in [2.45, 2.75) is 0 Å². The number of amides is 1. The smallest absolute Gasteiger partial charge is 0.377 e. The summed E-state index contributed by atoms with van der Waals surface area (Å²) >= 11 is 0. The van der Waals surface area contributed by atoms with Crippen molar-refractivity contribution in [2.24, 2.45) is 0 Å². The highest BCUT2D eigenvalue weighted by atomic mass is 31.0. The number of nitrogens with zero attached hydrogens (tertiary/aromatic N) is 5. The number of aromatic carboxylic acids is 1. The lowest BCUT2D eigenvalue weighted by atomic mass is 10.1. The number of ether oxygens (including phenoxy) is 2. The zero-order chi connectivity index (χ0) is 22.9. The molecule has 0 aliphatic rings. The topological polar surface area (TPSA) is 129 Å². The number of hydrogen-bond acceptors (Lipinski definition) is 7. The van der Waals surface area contributed by atoms with Crippen LogP contribution in [0, 0.1) is 11.6 Å². The Balaban J connectivity index is 2.07. The molecular weight excluding hydrogens is 439 g/mol. The van der Waals surface area contributed by atoms with E-state index in [2.05, 4.69) is 10.4 Å². The minimum atomic E-state index is -1.34. The van der Waals surface area contributed by atoms with E-state index in [1.165, 1.54) is 20.3 Å². The second-order valence-electron chi connectivity index (χ2n) is 5.84. The Kier molecular flexibility index (Phi) is 5.97. The van der Waals surface area contributed by atoms with Gasteiger partial charge in [-0.15, -0.1) is 4.68 Å². The molecule has 0 saturated carbocycles. The molecule has 162 valence electrons. The van der Waals surface area contributed by atoms with E-state index in [0.717, 1.165) is 28.9 Å². The first-order valence-corrected chi connectivity index (χ1v) is 8.80. The minimum absolute atomic E-state index is 0.0305. The number of benzene rings is 2. The number of carboxylic acid groups (broad SMARTS) is 1. The SMILES string of the molecule is COc1cc(OC)c(N(P)C(=O)n2nnn(-c3c(F)cccc3F)c2=O)cc1C(=O)O. The molecule has 3 aromatic rings. The van der Waals surface area contributed by atoms with Crippen molar-refractivity contribution in [1.82, 2.24) is 19.8 Å². The average molecular weight is 453 g/mol. The fourth-order valence-corrected chi connectivity index (χ4v) is 2.95. The lowest BCUT2D eigenvalue weighted by Crippen LogP contribution is -2.36. The summed E-state index contributed by atoms with van der Waals surface area (Å²) in [4.78, 5) is 36.9. The van der Waals surface area contributed by atoms with E-state index < -0.39 is 35.0 Å². The van der Waals surface area contributed by atoms with Crippen molar-refractivity contribution >= 4 is 27.1 Å². The lowest BCUT2D eigenvalue weighted by Gasteiger charge is -2.20. The molecule has 0 aliphatic heterocycles. The highest BCUT2D eigenvalue weighted by Crippen LogP contribution is 2.37. The second-order valence-corrected chi connectivity index (χ2v) is 6.35. The van der Waals surface area contributed by atoms with Crippen LogP contribution in [-0.4, -0.2) is 51.1 Å². The van der Waals surface area contributed by atoms with Crippen molar-refractivity contribution in [2.75, 3.05) is 18.9 Å². The summed E-state index contributed by atoms with van der Waals surface area (Å²) in [6.07, 6.45) is 0. The number of tetrazole rings is 1. The quantitative estimate of drug-likeness (QED) is 0.457. The Hall–Kier alpha value is -3.86. The van der Waals surface area contributed by atoms with E-state index in [9.17, 15) is 28.3 Å². The Morgan fingerprint density at radius 1 is 1.10 bits per heavy atom. The third-order valence-electron chi connectivity index (χ3n) is 4.11. The summed E-state index contributed by atoms with van der Waals surface area (Å²) < 4.78 is 39.4. The van der Waals surface area contributed by atoms with Crippen LogP contribution in [0.15, 0.2) is 35.1 Å². The van der Waals surface area contributed by atoms with Gasteiger partial charge in [0.05, 0.1) is 19.9 Å². The van der Waals surface area contributed by atoms with Crippen LogP contribution in [0.4, 0.5) is 19.3 Å². The number of aromatic nitrogens is 4. The second kappa shape index (κ2) is 8.48. The van der Waals surface area contributed by atoms with Crippen LogP contribution in [0.25, 0.3) is 5.69 Å². The highest BCUT2D eigenvalue weighted by Gasteiger charge is 2.26. The first-order valence-electron chi connectivity index (χ1n) is 8.29. The third-order valence-corrected chi connectivity index (χ3v) is 4.61. The number of carbonyl (C=O) groups excluding carboxylic acids is 1. The molecular formula is C17H14F2N5O6P. The number of carbonyl (C=O) groups is 2. The monoisotopic (exact) mass is 453 g/mol. The summed E-state index contributed by atoms with van der Waals surface area (Å²) in [5.74, 6) is -3.52. The molecule has 0 saturated heterocycles. The van der Waals surface area contributed by atoms with Gasteiger partial charge in [0.25, 0.3) is 0 Å². The maximum absolute atomic E-state index is 14.0. The van der Waals surface area contributed by atoms with E-state index in [0.29, 0.717) is 0 Å². The number of para-hydroxylation sites is 1. The molecule has 2 aromatic carbocycles. The summed E-state index contributed by atoms with van der Waals surface area (Å²) in [6, 6.07) is 4.09. The predicted molar refractivity (Wildman–Crippen MR) is 105 cm³/mol. The number of carboxylic acids is 1. The van der Waals surface area contributed by atoms with Gasteiger partial charge in [0, 0.05) is 6.07 Å². The molecule has 1 N–H and O–H groups in total. The van der Waals surface area contributed by atoms with E-state index in [-0.39, 0.29) is 32.1 Å². The predicted octanol–water partition coefficient (Wildman–Crippen LogP) is 1.69. The normalized spacial score (nSPS) is 10.6. The number of halogens is 2. The Morgan fingerprint density at radius 2 is 1.71 bits per heavy atom. The van der Waals surface area contributed by atoms with E-state index in [1.807, 2.05) is 9.39 Å². The summed E-state index contributed by atoms with van der Waals surface area (Å²) in [5, 5.41) is 16.1. The summed E-state index contributed by atoms with van der Waals surface area (Å²) in [5.41, 5.74) is -2.43. The first kappa shape index (κ1) is 21.8. The zero-order valence-electron chi connectivity index (χ0n) is 15.9. The molecule has 14 heteroatoms. The maximum atomic E-state index is 14.0. The molecule has 3 rings (SSSR count). The molecule has 0 bridgehead atoms. The molecule has 0 radical (unpaired) electrons. The van der Waals surface area contributed by atoms with Crippen LogP contribution in [0.3, 0.4) is 0 Å². The van der Waals surface area contributed by atoms with Gasteiger partial charge < -0.3 is 14.6 Å².